The second kappa shape index (κ2) is 4.29. The first kappa shape index (κ1) is 10.6. The molecule has 2 rings (SSSR count). The zero-order valence-electron chi connectivity index (χ0n) is 8.29. The minimum Gasteiger partial charge on any atom is -0.345 e. The molecule has 0 spiro atoms. The molecule has 1 aromatic heterocycles. The molecule has 2 nitrogen and oxygen atoms in total. The Kier molecular flexibility index (Phi) is 3.03. The van der Waals surface area contributed by atoms with Crippen LogP contribution in [0.25, 0.3) is 11.3 Å². The Labute approximate surface area is 99.1 Å². The van der Waals surface area contributed by atoms with Gasteiger partial charge in [-0.05, 0) is 19.1 Å². The average molecular weight is 239 g/mol. The monoisotopic (exact) mass is 238 g/mol. The van der Waals surface area contributed by atoms with Gasteiger partial charge >= 0.3 is 0 Å². The standard InChI is InChI=1S/C11H11ClN2S/c1-7-11(14-10(6-15)13-7)8-2-4-9(12)5-3-8/h2-5,15H,6H2,1H3,(H,13,14). The number of nitrogens with zero attached hydrogens (tertiary/aromatic N) is 1. The van der Waals surface area contributed by atoms with Crippen LogP contribution in [0.4, 0.5) is 0 Å². The van der Waals surface area contributed by atoms with Crippen molar-refractivity contribution in [1.29, 1.82) is 0 Å². The molecule has 15 heavy (non-hydrogen) atoms. The van der Waals surface area contributed by atoms with E-state index in [0.29, 0.717) is 5.75 Å². The fraction of sp³-hybridized carbons (Fsp3) is 0.182. The van der Waals surface area contributed by atoms with Crippen LogP contribution >= 0.6 is 24.2 Å². The maximum absolute atomic E-state index is 5.83. The molecule has 0 bridgehead atoms. The lowest BCUT2D eigenvalue weighted by Crippen LogP contribution is -1.81. The van der Waals surface area contributed by atoms with Crippen LogP contribution in [0.15, 0.2) is 24.3 Å². The van der Waals surface area contributed by atoms with E-state index in [1.54, 1.807) is 0 Å². The molecule has 0 saturated heterocycles. The summed E-state index contributed by atoms with van der Waals surface area (Å²) >= 11 is 10.0. The summed E-state index contributed by atoms with van der Waals surface area (Å²) in [6.45, 7) is 2.00. The fourth-order valence-corrected chi connectivity index (χ4v) is 1.76. The minimum atomic E-state index is 0.619. The highest BCUT2D eigenvalue weighted by Crippen LogP contribution is 2.23. The fourth-order valence-electron chi connectivity index (χ4n) is 1.49. The number of H-pyrrole nitrogens is 1. The maximum Gasteiger partial charge on any atom is 0.116 e. The van der Waals surface area contributed by atoms with Gasteiger partial charge in [-0.15, -0.1) is 0 Å². The number of nitrogens with one attached hydrogen (secondary N) is 1. The molecule has 4 heteroatoms. The van der Waals surface area contributed by atoms with E-state index in [9.17, 15) is 0 Å². The Morgan fingerprint density at radius 2 is 2.00 bits per heavy atom. The average Bonchev–Trinajstić information content (AvgIpc) is 2.61. The Balaban J connectivity index is 2.44. The second-order valence-electron chi connectivity index (χ2n) is 3.32. The number of hydrogen-bond donors (Lipinski definition) is 2. The summed E-state index contributed by atoms with van der Waals surface area (Å²) in [7, 11) is 0. The summed E-state index contributed by atoms with van der Waals surface area (Å²) in [4.78, 5) is 7.64. The summed E-state index contributed by atoms with van der Waals surface area (Å²) in [5, 5.41) is 0.737. The molecular formula is C11H11ClN2S. The number of benzene rings is 1. The second-order valence-corrected chi connectivity index (χ2v) is 4.07. The van der Waals surface area contributed by atoms with Gasteiger partial charge in [-0.3, -0.25) is 0 Å². The Morgan fingerprint density at radius 1 is 1.33 bits per heavy atom. The first-order chi connectivity index (χ1) is 7.20. The van der Waals surface area contributed by atoms with Crippen molar-refractivity contribution in [3.05, 3.63) is 40.8 Å². The molecule has 1 heterocycles. The van der Waals surface area contributed by atoms with Crippen LogP contribution in [-0.2, 0) is 5.75 Å². The van der Waals surface area contributed by atoms with E-state index in [4.69, 9.17) is 11.6 Å². The molecule has 1 aromatic carbocycles. The molecule has 0 saturated carbocycles. The molecule has 0 aliphatic carbocycles. The predicted octanol–water partition coefficient (Wildman–Crippen LogP) is 3.47. The van der Waals surface area contributed by atoms with Crippen molar-refractivity contribution in [3.63, 3.8) is 0 Å². The summed E-state index contributed by atoms with van der Waals surface area (Å²) in [6, 6.07) is 7.67. The quantitative estimate of drug-likeness (QED) is 0.771. The number of rotatable bonds is 2. The van der Waals surface area contributed by atoms with Gasteiger partial charge in [0, 0.05) is 22.0 Å². The number of halogens is 1. The summed E-state index contributed by atoms with van der Waals surface area (Å²) in [6.07, 6.45) is 0. The highest BCUT2D eigenvalue weighted by Gasteiger charge is 2.07. The first-order valence-corrected chi connectivity index (χ1v) is 5.64. The van der Waals surface area contributed by atoms with Crippen LogP contribution in [0.2, 0.25) is 5.02 Å². The molecule has 0 unspecified atom stereocenters. The lowest BCUT2D eigenvalue weighted by molar-refractivity contribution is 1.11. The topological polar surface area (TPSA) is 28.7 Å². The molecule has 2 aromatic rings. The van der Waals surface area contributed by atoms with Crippen molar-refractivity contribution in [3.8, 4) is 11.3 Å². The van der Waals surface area contributed by atoms with E-state index in [1.165, 1.54) is 0 Å². The Bertz CT molecular complexity index is 462. The van der Waals surface area contributed by atoms with Gasteiger partial charge in [0.1, 0.15) is 5.82 Å². The number of hydrogen-bond acceptors (Lipinski definition) is 2. The molecule has 0 amide bonds. The highest BCUT2D eigenvalue weighted by molar-refractivity contribution is 7.79. The summed E-state index contributed by atoms with van der Waals surface area (Å²) in [5.74, 6) is 1.51. The first-order valence-electron chi connectivity index (χ1n) is 4.63. The van der Waals surface area contributed by atoms with Gasteiger partial charge in [0.15, 0.2) is 0 Å². The van der Waals surface area contributed by atoms with Gasteiger partial charge in [0.05, 0.1) is 5.69 Å². The van der Waals surface area contributed by atoms with E-state index in [1.807, 2.05) is 31.2 Å². The molecule has 0 fully saturated rings. The third kappa shape index (κ3) is 2.19. The van der Waals surface area contributed by atoms with Crippen LogP contribution in [-0.4, -0.2) is 9.97 Å². The van der Waals surface area contributed by atoms with Gasteiger partial charge in [-0.2, -0.15) is 12.6 Å². The van der Waals surface area contributed by atoms with Gasteiger partial charge in [-0.25, -0.2) is 4.98 Å². The molecule has 0 atom stereocenters. The predicted molar refractivity (Wildman–Crippen MR) is 66.5 cm³/mol. The zero-order valence-corrected chi connectivity index (χ0v) is 9.94. The largest absolute Gasteiger partial charge is 0.345 e. The maximum atomic E-state index is 5.83. The number of thiol groups is 1. The summed E-state index contributed by atoms with van der Waals surface area (Å²) in [5.41, 5.74) is 3.10. The van der Waals surface area contributed by atoms with E-state index in [-0.39, 0.29) is 0 Å². The Hall–Kier alpha value is -0.930. The van der Waals surface area contributed by atoms with Crippen LogP contribution in [0.5, 0.6) is 0 Å². The SMILES string of the molecule is Cc1[nH]c(CS)nc1-c1ccc(Cl)cc1. The van der Waals surface area contributed by atoms with Crippen molar-refractivity contribution >= 4 is 24.2 Å². The van der Waals surface area contributed by atoms with Gasteiger partial charge in [0.25, 0.3) is 0 Å². The van der Waals surface area contributed by atoms with Gasteiger partial charge in [-0.1, -0.05) is 23.7 Å². The zero-order chi connectivity index (χ0) is 10.8. The molecule has 78 valence electrons. The minimum absolute atomic E-state index is 0.619. The number of aromatic nitrogens is 2. The van der Waals surface area contributed by atoms with Gasteiger partial charge in [0.2, 0.25) is 0 Å². The normalized spacial score (nSPS) is 10.6. The molecule has 0 aliphatic heterocycles. The van der Waals surface area contributed by atoms with Crippen molar-refractivity contribution in [2.24, 2.45) is 0 Å². The third-order valence-electron chi connectivity index (χ3n) is 2.20. The van der Waals surface area contributed by atoms with Crippen LogP contribution in [0, 0.1) is 6.92 Å². The smallest absolute Gasteiger partial charge is 0.116 e. The van der Waals surface area contributed by atoms with Crippen molar-refractivity contribution in [2.45, 2.75) is 12.7 Å². The Morgan fingerprint density at radius 3 is 2.53 bits per heavy atom. The third-order valence-corrected chi connectivity index (χ3v) is 2.75. The van der Waals surface area contributed by atoms with Crippen molar-refractivity contribution < 1.29 is 0 Å². The van der Waals surface area contributed by atoms with Crippen LogP contribution < -0.4 is 0 Å². The van der Waals surface area contributed by atoms with E-state index < -0.39 is 0 Å². The summed E-state index contributed by atoms with van der Waals surface area (Å²) < 4.78 is 0. The molecule has 0 radical (unpaired) electrons. The lowest BCUT2D eigenvalue weighted by Gasteiger charge is -1.98. The molecule has 0 aliphatic rings. The number of aromatic amines is 1. The van der Waals surface area contributed by atoms with Crippen LogP contribution in [0.1, 0.15) is 11.5 Å². The van der Waals surface area contributed by atoms with Gasteiger partial charge < -0.3 is 4.98 Å². The van der Waals surface area contributed by atoms with E-state index >= 15 is 0 Å². The lowest BCUT2D eigenvalue weighted by atomic mass is 10.1. The van der Waals surface area contributed by atoms with Crippen molar-refractivity contribution in [1.82, 2.24) is 9.97 Å². The molecule has 1 N–H and O–H groups in total. The molecular weight excluding hydrogens is 228 g/mol. The van der Waals surface area contributed by atoms with Crippen molar-refractivity contribution in [2.75, 3.05) is 0 Å². The van der Waals surface area contributed by atoms with E-state index in [2.05, 4.69) is 22.6 Å². The number of imidazole rings is 1. The highest BCUT2D eigenvalue weighted by atomic mass is 35.5. The number of aryl methyl sites for hydroxylation is 1. The van der Waals surface area contributed by atoms with E-state index in [0.717, 1.165) is 27.8 Å². The van der Waals surface area contributed by atoms with Crippen LogP contribution in [0.3, 0.4) is 0 Å².